The summed E-state index contributed by atoms with van der Waals surface area (Å²) in [7, 11) is 1.51. The van der Waals surface area contributed by atoms with Gasteiger partial charge in [-0.3, -0.25) is 4.79 Å². The Morgan fingerprint density at radius 2 is 2.29 bits per heavy atom. The monoisotopic (exact) mass is 396 g/mol. The molecule has 1 aromatic heterocycles. The van der Waals surface area contributed by atoms with Crippen LogP contribution in [0.1, 0.15) is 30.2 Å². The van der Waals surface area contributed by atoms with Crippen molar-refractivity contribution in [3.05, 3.63) is 64.5 Å². The summed E-state index contributed by atoms with van der Waals surface area (Å²) in [5, 5.41) is 3.40. The number of thiazole rings is 1. The molecule has 1 aliphatic carbocycles. The molecule has 1 fully saturated rings. The van der Waals surface area contributed by atoms with Gasteiger partial charge in [0, 0.05) is 23.1 Å². The second-order valence-electron chi connectivity index (χ2n) is 6.51. The zero-order valence-corrected chi connectivity index (χ0v) is 16.6. The minimum atomic E-state index is -0.539. The van der Waals surface area contributed by atoms with Crippen LogP contribution >= 0.6 is 11.3 Å². The number of rotatable bonds is 7. The normalized spacial score (nSPS) is 15.3. The fourth-order valence-electron chi connectivity index (χ4n) is 3.18. The highest BCUT2D eigenvalue weighted by Crippen LogP contribution is 2.53. The number of amides is 1. The molecular weight excluding hydrogens is 375 g/mol. The Kier molecular flexibility index (Phi) is 5.96. The molecule has 1 aromatic carbocycles. The smallest absolute Gasteiger partial charge is 0.236 e. The van der Waals surface area contributed by atoms with E-state index in [-0.39, 0.29) is 11.7 Å². The highest BCUT2D eigenvalue weighted by atomic mass is 32.1. The van der Waals surface area contributed by atoms with Gasteiger partial charge in [-0.2, -0.15) is 0 Å². The van der Waals surface area contributed by atoms with Crippen molar-refractivity contribution in [1.29, 1.82) is 0 Å². The number of allylic oxidation sites excluding steroid dienone is 3. The Morgan fingerprint density at radius 3 is 2.93 bits per heavy atom. The molecule has 1 heterocycles. The van der Waals surface area contributed by atoms with Crippen molar-refractivity contribution < 1.29 is 13.9 Å². The van der Waals surface area contributed by atoms with Crippen LogP contribution in [0.15, 0.2) is 48.2 Å². The first-order valence-corrected chi connectivity index (χ1v) is 9.72. The second kappa shape index (κ2) is 8.41. The average Bonchev–Trinajstić information content (AvgIpc) is 3.39. The van der Waals surface area contributed by atoms with Gasteiger partial charge in [0.1, 0.15) is 11.6 Å². The predicted molar refractivity (Wildman–Crippen MR) is 110 cm³/mol. The van der Waals surface area contributed by atoms with E-state index in [0.717, 1.165) is 23.3 Å². The third kappa shape index (κ3) is 4.00. The van der Waals surface area contributed by atoms with Gasteiger partial charge in [-0.15, -0.1) is 17.8 Å². The molecule has 0 radical (unpaired) electrons. The molecule has 2 aromatic rings. The number of terminal acetylenes is 1. The molecule has 6 heteroatoms. The van der Waals surface area contributed by atoms with E-state index < -0.39 is 5.41 Å². The lowest BCUT2D eigenvalue weighted by Gasteiger charge is -2.15. The van der Waals surface area contributed by atoms with Gasteiger partial charge in [-0.1, -0.05) is 18.1 Å². The number of nitrogens with one attached hydrogen (secondary N) is 1. The van der Waals surface area contributed by atoms with Crippen molar-refractivity contribution >= 4 is 22.4 Å². The Balaban J connectivity index is 1.73. The maximum Gasteiger partial charge on any atom is 0.236 e. The Bertz CT molecular complexity index is 981. The number of benzene rings is 1. The van der Waals surface area contributed by atoms with Crippen LogP contribution in [0.2, 0.25) is 0 Å². The van der Waals surface area contributed by atoms with Crippen LogP contribution in [0.4, 0.5) is 9.52 Å². The van der Waals surface area contributed by atoms with Crippen LogP contribution in [0.3, 0.4) is 0 Å². The van der Waals surface area contributed by atoms with Crippen LogP contribution in [0.25, 0.3) is 0 Å². The molecule has 0 atom stereocenters. The van der Waals surface area contributed by atoms with Crippen LogP contribution in [-0.2, 0) is 11.2 Å². The van der Waals surface area contributed by atoms with Crippen LogP contribution in [-0.4, -0.2) is 18.0 Å². The van der Waals surface area contributed by atoms with E-state index in [1.165, 1.54) is 24.5 Å². The van der Waals surface area contributed by atoms with E-state index in [4.69, 9.17) is 11.2 Å². The van der Waals surface area contributed by atoms with E-state index >= 15 is 0 Å². The Morgan fingerprint density at radius 1 is 1.50 bits per heavy atom. The summed E-state index contributed by atoms with van der Waals surface area (Å²) < 4.78 is 19.4. The first-order valence-electron chi connectivity index (χ1n) is 8.91. The first kappa shape index (κ1) is 19.8. The van der Waals surface area contributed by atoms with Gasteiger partial charge in [0.2, 0.25) is 5.91 Å². The van der Waals surface area contributed by atoms with Crippen molar-refractivity contribution in [2.24, 2.45) is 5.41 Å². The molecule has 1 amide bonds. The summed E-state index contributed by atoms with van der Waals surface area (Å²) in [4.78, 5) is 17.9. The maximum absolute atomic E-state index is 14.1. The lowest BCUT2D eigenvalue weighted by Crippen LogP contribution is -2.25. The number of carbonyl (C=O) groups excluding carboxylic acids is 1. The molecule has 0 aliphatic heterocycles. The fraction of sp³-hybridized carbons (Fsp3) is 0.273. The number of hydrogen-bond donors (Lipinski definition) is 1. The molecule has 1 saturated carbocycles. The van der Waals surface area contributed by atoms with Gasteiger partial charge in [-0.25, -0.2) is 9.37 Å². The highest BCUT2D eigenvalue weighted by molar-refractivity contribution is 7.15. The van der Waals surface area contributed by atoms with Crippen LogP contribution in [0, 0.1) is 23.6 Å². The van der Waals surface area contributed by atoms with Gasteiger partial charge >= 0.3 is 0 Å². The number of halogens is 1. The van der Waals surface area contributed by atoms with E-state index in [2.05, 4.69) is 16.2 Å². The van der Waals surface area contributed by atoms with E-state index in [1.54, 1.807) is 24.4 Å². The van der Waals surface area contributed by atoms with Crippen molar-refractivity contribution in [2.45, 2.75) is 26.2 Å². The highest BCUT2D eigenvalue weighted by Gasteiger charge is 2.51. The van der Waals surface area contributed by atoms with Crippen LogP contribution < -0.4 is 10.1 Å². The summed E-state index contributed by atoms with van der Waals surface area (Å²) >= 11 is 1.33. The average molecular weight is 396 g/mol. The number of ether oxygens (including phenoxy) is 1. The number of hydrogen-bond acceptors (Lipinski definition) is 4. The van der Waals surface area contributed by atoms with Gasteiger partial charge < -0.3 is 10.1 Å². The second-order valence-corrected chi connectivity index (χ2v) is 7.62. The minimum Gasteiger partial charge on any atom is -0.496 e. The standard InChI is InChI=1S/C22H21FN2O2S/c1-4-6-8-15(5-2)22(11-12-22)20(26)25-21-24-14-16(28-21)13-17-18(23)9-7-10-19(17)27-3/h1,5-10,14H,11-13H2,2-3H3,(H,24,25,26)/b8-6-,15-5+. The number of nitrogens with zero attached hydrogens (tertiary/aromatic N) is 1. The third-order valence-corrected chi connectivity index (χ3v) is 5.74. The SMILES string of the molecule is C#C/C=C\C(=C/C)C1(C(=O)Nc2ncc(Cc3c(F)cccc3OC)s2)CC1. The topological polar surface area (TPSA) is 51.2 Å². The van der Waals surface area contributed by atoms with E-state index in [9.17, 15) is 9.18 Å². The summed E-state index contributed by atoms with van der Waals surface area (Å²) in [6.07, 6.45) is 14.2. The Labute approximate surface area is 168 Å². The molecule has 4 nitrogen and oxygen atoms in total. The molecule has 1 aliphatic rings. The largest absolute Gasteiger partial charge is 0.496 e. The van der Waals surface area contributed by atoms with Crippen LogP contribution in [0.5, 0.6) is 5.75 Å². The summed E-state index contributed by atoms with van der Waals surface area (Å²) in [5.41, 5.74) is 0.847. The number of anilines is 1. The van der Waals surface area contributed by atoms with E-state index in [1.807, 2.05) is 19.1 Å². The molecule has 0 bridgehead atoms. The summed E-state index contributed by atoms with van der Waals surface area (Å²) in [6, 6.07) is 4.74. The van der Waals surface area contributed by atoms with Gasteiger partial charge in [0.05, 0.1) is 12.5 Å². The zero-order valence-electron chi connectivity index (χ0n) is 15.8. The summed E-state index contributed by atoms with van der Waals surface area (Å²) in [6.45, 7) is 1.90. The number of methoxy groups -OCH3 is 1. The van der Waals surface area contributed by atoms with Crippen molar-refractivity contribution in [3.63, 3.8) is 0 Å². The van der Waals surface area contributed by atoms with Gasteiger partial charge in [-0.05, 0) is 49.6 Å². The first-order chi connectivity index (χ1) is 13.5. The van der Waals surface area contributed by atoms with E-state index in [0.29, 0.717) is 22.9 Å². The quantitative estimate of drug-likeness (QED) is 0.543. The molecule has 144 valence electrons. The molecule has 28 heavy (non-hydrogen) atoms. The summed E-state index contributed by atoms with van der Waals surface area (Å²) in [5.74, 6) is 2.53. The fourth-order valence-corrected chi connectivity index (χ4v) is 4.00. The molecule has 0 unspecified atom stereocenters. The molecule has 1 N–H and O–H groups in total. The maximum atomic E-state index is 14.1. The third-order valence-electron chi connectivity index (χ3n) is 4.83. The number of carbonyl (C=O) groups is 1. The predicted octanol–water partition coefficient (Wildman–Crippen LogP) is 4.74. The van der Waals surface area contributed by atoms with Crippen molar-refractivity contribution in [3.8, 4) is 18.1 Å². The lowest BCUT2D eigenvalue weighted by atomic mass is 9.94. The minimum absolute atomic E-state index is 0.0911. The van der Waals surface area contributed by atoms with Gasteiger partial charge in [0.15, 0.2) is 5.13 Å². The van der Waals surface area contributed by atoms with Crippen molar-refractivity contribution in [1.82, 2.24) is 4.98 Å². The molecule has 0 saturated heterocycles. The molecule has 0 spiro atoms. The molecular formula is C22H21FN2O2S. The van der Waals surface area contributed by atoms with Crippen molar-refractivity contribution in [2.75, 3.05) is 12.4 Å². The Hall–Kier alpha value is -2.91. The zero-order chi connectivity index (χ0) is 20.1. The lowest BCUT2D eigenvalue weighted by molar-refractivity contribution is -0.119. The van der Waals surface area contributed by atoms with Gasteiger partial charge in [0.25, 0.3) is 0 Å². The molecule has 3 rings (SSSR count). The number of aromatic nitrogens is 1.